The van der Waals surface area contributed by atoms with Crippen LogP contribution in [0.2, 0.25) is 0 Å². The molecule has 0 saturated carbocycles. The molecule has 2 aromatic rings. The zero-order valence-electron chi connectivity index (χ0n) is 16.2. The molecule has 2 aromatic carbocycles. The van der Waals surface area contributed by atoms with Crippen LogP contribution < -0.4 is 10.6 Å². The van der Waals surface area contributed by atoms with Gasteiger partial charge in [0.1, 0.15) is 0 Å². The predicted molar refractivity (Wildman–Crippen MR) is 109 cm³/mol. The Morgan fingerprint density at radius 2 is 1.85 bits per heavy atom. The van der Waals surface area contributed by atoms with Gasteiger partial charge in [-0.3, -0.25) is 0 Å². The number of urea groups is 1. The van der Waals surface area contributed by atoms with E-state index in [1.165, 1.54) is 16.7 Å². The number of nitrogens with zero attached hydrogens (tertiary/aromatic N) is 1. The Bertz CT molecular complexity index is 800. The molecule has 4 heteroatoms. The maximum absolute atomic E-state index is 12.7. The molecule has 0 radical (unpaired) electrons. The van der Waals surface area contributed by atoms with E-state index in [-0.39, 0.29) is 12.1 Å². The van der Waals surface area contributed by atoms with Crippen molar-refractivity contribution in [1.82, 2.24) is 4.90 Å². The molecular formula is C22H29N3O. The Labute approximate surface area is 156 Å². The number of carbonyl (C=O) groups excluding carboxylic acids is 1. The number of aryl methyl sites for hydroxylation is 3. The smallest absolute Gasteiger partial charge is 0.321 e. The molecule has 1 saturated heterocycles. The van der Waals surface area contributed by atoms with Crippen molar-refractivity contribution < 1.29 is 4.79 Å². The number of carbonyl (C=O) groups is 1. The molecule has 0 bridgehead atoms. The molecule has 0 spiro atoms. The van der Waals surface area contributed by atoms with Crippen LogP contribution in [0.15, 0.2) is 36.4 Å². The fourth-order valence-electron chi connectivity index (χ4n) is 3.43. The van der Waals surface area contributed by atoms with E-state index in [4.69, 9.17) is 0 Å². The van der Waals surface area contributed by atoms with Gasteiger partial charge in [-0.15, -0.1) is 0 Å². The molecule has 26 heavy (non-hydrogen) atoms. The van der Waals surface area contributed by atoms with E-state index in [0.717, 1.165) is 42.9 Å². The number of anilines is 2. The fourth-order valence-corrected chi connectivity index (χ4v) is 3.43. The molecule has 3 rings (SSSR count). The van der Waals surface area contributed by atoms with E-state index in [2.05, 4.69) is 55.7 Å². The highest BCUT2D eigenvalue weighted by Crippen LogP contribution is 2.21. The summed E-state index contributed by atoms with van der Waals surface area (Å²) < 4.78 is 0. The summed E-state index contributed by atoms with van der Waals surface area (Å²) in [5, 5.41) is 6.68. The lowest BCUT2D eigenvalue weighted by atomic mass is 10.0. The van der Waals surface area contributed by atoms with Gasteiger partial charge < -0.3 is 15.5 Å². The minimum absolute atomic E-state index is 0.00899. The van der Waals surface area contributed by atoms with Crippen LogP contribution in [-0.2, 0) is 0 Å². The van der Waals surface area contributed by atoms with Crippen LogP contribution in [-0.4, -0.2) is 30.1 Å². The third kappa shape index (κ3) is 4.18. The minimum Gasteiger partial charge on any atom is -0.381 e. The van der Waals surface area contributed by atoms with Crippen LogP contribution in [0.3, 0.4) is 0 Å². The standard InChI is InChI=1S/C22H29N3O/c1-15-10-11-19(13-17(15)3)23-20-8-6-12-25(14-20)22(26)24-21-9-5-7-16(2)18(21)4/h5,7,9-11,13,20,23H,6,8,12,14H2,1-4H3,(H,24,26). The van der Waals surface area contributed by atoms with E-state index in [1.807, 2.05) is 24.0 Å². The zero-order chi connectivity index (χ0) is 18.7. The van der Waals surface area contributed by atoms with Gasteiger partial charge in [0, 0.05) is 30.5 Å². The number of piperidine rings is 1. The number of amides is 2. The molecule has 2 amide bonds. The van der Waals surface area contributed by atoms with Crippen molar-refractivity contribution in [2.24, 2.45) is 0 Å². The van der Waals surface area contributed by atoms with Gasteiger partial charge >= 0.3 is 6.03 Å². The van der Waals surface area contributed by atoms with Crippen LogP contribution in [0.4, 0.5) is 16.2 Å². The van der Waals surface area contributed by atoms with E-state index in [9.17, 15) is 4.79 Å². The molecule has 0 aliphatic carbocycles. The average Bonchev–Trinajstić information content (AvgIpc) is 2.62. The molecule has 1 unspecified atom stereocenters. The summed E-state index contributed by atoms with van der Waals surface area (Å²) in [5.74, 6) is 0. The van der Waals surface area contributed by atoms with E-state index in [1.54, 1.807) is 0 Å². The molecule has 1 aliphatic heterocycles. The van der Waals surface area contributed by atoms with Crippen molar-refractivity contribution in [2.75, 3.05) is 23.7 Å². The summed E-state index contributed by atoms with van der Waals surface area (Å²) >= 11 is 0. The molecular weight excluding hydrogens is 322 g/mol. The summed E-state index contributed by atoms with van der Waals surface area (Å²) in [6.45, 7) is 9.90. The van der Waals surface area contributed by atoms with Gasteiger partial charge in [0.2, 0.25) is 0 Å². The first kappa shape index (κ1) is 18.3. The Hall–Kier alpha value is -2.49. The summed E-state index contributed by atoms with van der Waals surface area (Å²) in [5.41, 5.74) is 6.94. The van der Waals surface area contributed by atoms with Gasteiger partial charge in [-0.2, -0.15) is 0 Å². The van der Waals surface area contributed by atoms with Crippen molar-refractivity contribution in [3.05, 3.63) is 58.7 Å². The lowest BCUT2D eigenvalue weighted by Crippen LogP contribution is -2.46. The van der Waals surface area contributed by atoms with Gasteiger partial charge in [0.25, 0.3) is 0 Å². The summed E-state index contributed by atoms with van der Waals surface area (Å²) in [4.78, 5) is 14.6. The van der Waals surface area contributed by atoms with Crippen molar-refractivity contribution >= 4 is 17.4 Å². The van der Waals surface area contributed by atoms with Gasteiger partial charge in [0.15, 0.2) is 0 Å². The lowest BCUT2D eigenvalue weighted by Gasteiger charge is -2.34. The molecule has 1 atom stereocenters. The van der Waals surface area contributed by atoms with Crippen molar-refractivity contribution in [3.8, 4) is 0 Å². The maximum atomic E-state index is 12.7. The highest BCUT2D eigenvalue weighted by molar-refractivity contribution is 5.90. The van der Waals surface area contributed by atoms with Crippen LogP contribution in [0, 0.1) is 27.7 Å². The first-order valence-electron chi connectivity index (χ1n) is 9.40. The van der Waals surface area contributed by atoms with E-state index in [0.29, 0.717) is 0 Å². The second-order valence-corrected chi connectivity index (χ2v) is 7.41. The van der Waals surface area contributed by atoms with Gasteiger partial charge in [-0.25, -0.2) is 4.79 Å². The van der Waals surface area contributed by atoms with Crippen LogP contribution in [0.5, 0.6) is 0 Å². The third-order valence-corrected chi connectivity index (χ3v) is 5.43. The number of hydrogen-bond acceptors (Lipinski definition) is 2. The number of likely N-dealkylation sites (tertiary alicyclic amines) is 1. The van der Waals surface area contributed by atoms with Gasteiger partial charge in [0.05, 0.1) is 0 Å². The second-order valence-electron chi connectivity index (χ2n) is 7.41. The molecule has 0 aromatic heterocycles. The zero-order valence-corrected chi connectivity index (χ0v) is 16.2. The molecule has 1 fully saturated rings. The first-order valence-corrected chi connectivity index (χ1v) is 9.40. The molecule has 2 N–H and O–H groups in total. The predicted octanol–water partition coefficient (Wildman–Crippen LogP) is 5.03. The Morgan fingerprint density at radius 1 is 1.04 bits per heavy atom. The normalized spacial score (nSPS) is 17.1. The molecule has 1 heterocycles. The van der Waals surface area contributed by atoms with Gasteiger partial charge in [-0.1, -0.05) is 18.2 Å². The number of hydrogen-bond donors (Lipinski definition) is 2. The number of benzene rings is 2. The lowest BCUT2D eigenvalue weighted by molar-refractivity contribution is 0.196. The minimum atomic E-state index is -0.00899. The SMILES string of the molecule is Cc1ccc(NC2CCCN(C(=O)Nc3cccc(C)c3C)C2)cc1C. The summed E-state index contributed by atoms with van der Waals surface area (Å²) in [7, 11) is 0. The maximum Gasteiger partial charge on any atom is 0.321 e. The quantitative estimate of drug-likeness (QED) is 0.815. The monoisotopic (exact) mass is 351 g/mol. The van der Waals surface area contributed by atoms with Crippen molar-refractivity contribution in [3.63, 3.8) is 0 Å². The largest absolute Gasteiger partial charge is 0.381 e. The fraction of sp³-hybridized carbons (Fsp3) is 0.409. The first-order chi connectivity index (χ1) is 12.4. The van der Waals surface area contributed by atoms with Gasteiger partial charge in [-0.05, 0) is 81.0 Å². The Morgan fingerprint density at radius 3 is 2.62 bits per heavy atom. The summed E-state index contributed by atoms with van der Waals surface area (Å²) in [6.07, 6.45) is 2.10. The average molecular weight is 351 g/mol. The molecule has 4 nitrogen and oxygen atoms in total. The second kappa shape index (κ2) is 7.81. The van der Waals surface area contributed by atoms with Crippen LogP contribution in [0.1, 0.15) is 35.1 Å². The molecule has 138 valence electrons. The third-order valence-electron chi connectivity index (χ3n) is 5.43. The van der Waals surface area contributed by atoms with E-state index >= 15 is 0 Å². The highest BCUT2D eigenvalue weighted by Gasteiger charge is 2.24. The molecule has 1 aliphatic rings. The number of nitrogens with one attached hydrogen (secondary N) is 2. The highest BCUT2D eigenvalue weighted by atomic mass is 16.2. The topological polar surface area (TPSA) is 44.4 Å². The van der Waals surface area contributed by atoms with Crippen LogP contribution >= 0.6 is 0 Å². The summed E-state index contributed by atoms with van der Waals surface area (Å²) in [6, 6.07) is 12.7. The Kier molecular flexibility index (Phi) is 5.50. The van der Waals surface area contributed by atoms with E-state index < -0.39 is 0 Å². The Balaban J connectivity index is 1.63. The van der Waals surface area contributed by atoms with Crippen LogP contribution in [0.25, 0.3) is 0 Å². The van der Waals surface area contributed by atoms with Crippen molar-refractivity contribution in [2.45, 2.75) is 46.6 Å². The van der Waals surface area contributed by atoms with Crippen molar-refractivity contribution in [1.29, 1.82) is 0 Å². The number of rotatable bonds is 3.